The summed E-state index contributed by atoms with van der Waals surface area (Å²) in [4.78, 5) is 39.0. The summed E-state index contributed by atoms with van der Waals surface area (Å²) in [5.41, 5.74) is 2.39. The number of anilines is 1. The number of carbonyl (C=O) groups excluding carboxylic acids is 1. The van der Waals surface area contributed by atoms with Crippen LogP contribution in [0.25, 0.3) is 0 Å². The van der Waals surface area contributed by atoms with Crippen molar-refractivity contribution < 1.29 is 24.6 Å². The van der Waals surface area contributed by atoms with Gasteiger partial charge in [-0.25, -0.2) is 9.59 Å². The van der Waals surface area contributed by atoms with E-state index in [4.69, 9.17) is 0 Å². The second kappa shape index (κ2) is 12.6. The number of benzene rings is 2. The van der Waals surface area contributed by atoms with Crippen molar-refractivity contribution in [3.8, 4) is 0 Å². The van der Waals surface area contributed by atoms with Crippen LogP contribution in [0, 0.1) is 5.92 Å². The standard InChI is InChI=1S/C22H24N2O5.2Na.2H/c1-23(14-17(20(25)26)12-11-15-7-3-2-4-8-15)22(29)24-18-10-6-5-9-16(18)13-19(24)21(27)28;;;;/h2-10,17,19H,11-14H2,1H3,(H,25,26)(H,27,28);;;;. The fraction of sp³-hybridized carbons (Fsp3) is 0.318. The number of fused-ring (bicyclic) bond motifs is 1. The van der Waals surface area contributed by atoms with E-state index in [2.05, 4.69) is 0 Å². The summed E-state index contributed by atoms with van der Waals surface area (Å²) < 4.78 is 0. The molecule has 2 aromatic carbocycles. The van der Waals surface area contributed by atoms with E-state index in [0.29, 0.717) is 18.5 Å². The van der Waals surface area contributed by atoms with E-state index in [1.54, 1.807) is 24.3 Å². The van der Waals surface area contributed by atoms with Crippen LogP contribution in [-0.2, 0) is 22.4 Å². The Balaban J connectivity index is 0.00000240. The molecule has 2 unspecified atom stereocenters. The second-order valence-electron chi connectivity index (χ2n) is 7.28. The molecule has 1 aliphatic heterocycles. The van der Waals surface area contributed by atoms with Gasteiger partial charge < -0.3 is 15.1 Å². The zero-order valence-corrected chi connectivity index (χ0v) is 16.2. The average Bonchev–Trinajstić information content (AvgIpc) is 3.10. The summed E-state index contributed by atoms with van der Waals surface area (Å²) in [5, 5.41) is 19.2. The number of urea groups is 1. The number of amides is 2. The van der Waals surface area contributed by atoms with E-state index in [-0.39, 0.29) is 72.1 Å². The molecule has 7 nitrogen and oxygen atoms in total. The third-order valence-corrected chi connectivity index (χ3v) is 5.26. The number of nitrogens with zero attached hydrogens (tertiary/aromatic N) is 2. The van der Waals surface area contributed by atoms with Crippen LogP contribution in [0.3, 0.4) is 0 Å². The number of hydrogen-bond donors (Lipinski definition) is 2. The van der Waals surface area contributed by atoms with Gasteiger partial charge in [-0.3, -0.25) is 9.69 Å². The zero-order valence-electron chi connectivity index (χ0n) is 16.2. The van der Waals surface area contributed by atoms with Gasteiger partial charge in [0.05, 0.1) is 5.92 Å². The molecule has 31 heavy (non-hydrogen) atoms. The summed E-state index contributed by atoms with van der Waals surface area (Å²) in [6.07, 6.45) is 1.21. The quantitative estimate of drug-likeness (QED) is 0.632. The normalized spacial score (nSPS) is 15.1. The molecular formula is C22H26N2Na2O5. The van der Waals surface area contributed by atoms with Crippen molar-refractivity contribution >= 4 is 82.8 Å². The number of aliphatic carboxylic acids is 2. The molecule has 3 rings (SSSR count). The minimum atomic E-state index is -1.08. The number of carbonyl (C=O) groups is 3. The van der Waals surface area contributed by atoms with Gasteiger partial charge in [0.1, 0.15) is 6.04 Å². The molecule has 2 atom stereocenters. The number of hydrogen-bond acceptors (Lipinski definition) is 3. The Morgan fingerprint density at radius 3 is 2.26 bits per heavy atom. The van der Waals surface area contributed by atoms with E-state index in [9.17, 15) is 24.6 Å². The molecule has 2 amide bonds. The van der Waals surface area contributed by atoms with Gasteiger partial charge in [-0.15, -0.1) is 0 Å². The molecule has 0 radical (unpaired) electrons. The molecule has 9 heteroatoms. The molecule has 0 fully saturated rings. The summed E-state index contributed by atoms with van der Waals surface area (Å²) in [6, 6.07) is 15.2. The maximum atomic E-state index is 13.1. The first kappa shape index (κ1) is 27.7. The molecule has 0 saturated carbocycles. The molecule has 0 saturated heterocycles. The number of aryl methyl sites for hydroxylation is 1. The van der Waals surface area contributed by atoms with Crippen LogP contribution in [0.2, 0.25) is 0 Å². The third kappa shape index (κ3) is 6.81. The molecule has 0 aromatic heterocycles. The Hall–Kier alpha value is -1.35. The van der Waals surface area contributed by atoms with Crippen LogP contribution in [0.4, 0.5) is 10.5 Å². The molecule has 0 aliphatic carbocycles. The fourth-order valence-electron chi connectivity index (χ4n) is 3.69. The Morgan fingerprint density at radius 2 is 1.65 bits per heavy atom. The first-order chi connectivity index (χ1) is 13.9. The molecule has 156 valence electrons. The molecule has 0 bridgehead atoms. The molecule has 1 aliphatic rings. The van der Waals surface area contributed by atoms with Gasteiger partial charge in [-0.1, -0.05) is 48.5 Å². The number of para-hydroxylation sites is 1. The molecule has 0 spiro atoms. The molecule has 2 N–H and O–H groups in total. The molecule has 2 aromatic rings. The summed E-state index contributed by atoms with van der Waals surface area (Å²) >= 11 is 0. The third-order valence-electron chi connectivity index (χ3n) is 5.26. The summed E-state index contributed by atoms with van der Waals surface area (Å²) in [6.45, 7) is 0.00596. The van der Waals surface area contributed by atoms with Crippen LogP contribution < -0.4 is 4.90 Å². The van der Waals surface area contributed by atoms with Crippen LogP contribution in [-0.4, -0.2) is 112 Å². The SMILES string of the molecule is CN(CC(CCc1ccccc1)C(=O)O)C(=O)N1c2ccccc2CC1C(=O)O.[NaH].[NaH]. The molecular weight excluding hydrogens is 418 g/mol. The fourth-order valence-corrected chi connectivity index (χ4v) is 3.69. The maximum absolute atomic E-state index is 13.1. The Bertz CT molecular complexity index is 910. The van der Waals surface area contributed by atoms with Gasteiger partial charge in [0.2, 0.25) is 0 Å². The number of carboxylic acid groups (broad SMARTS) is 2. The van der Waals surface area contributed by atoms with Crippen molar-refractivity contribution in [3.05, 3.63) is 65.7 Å². The minimum absolute atomic E-state index is 0. The van der Waals surface area contributed by atoms with E-state index in [1.165, 1.54) is 16.8 Å². The zero-order chi connectivity index (χ0) is 21.0. The van der Waals surface area contributed by atoms with Crippen LogP contribution in [0.5, 0.6) is 0 Å². The van der Waals surface area contributed by atoms with Crippen LogP contribution >= 0.6 is 0 Å². The van der Waals surface area contributed by atoms with E-state index in [1.807, 2.05) is 30.3 Å². The summed E-state index contributed by atoms with van der Waals surface area (Å²) in [5.74, 6) is -2.80. The van der Waals surface area contributed by atoms with Crippen molar-refractivity contribution in [3.63, 3.8) is 0 Å². The van der Waals surface area contributed by atoms with Crippen molar-refractivity contribution in [2.45, 2.75) is 25.3 Å². The Kier molecular flexibility index (Phi) is 11.3. The van der Waals surface area contributed by atoms with Gasteiger partial charge in [-0.2, -0.15) is 0 Å². The topological polar surface area (TPSA) is 98.2 Å². The Labute approximate surface area is 226 Å². The predicted octanol–water partition coefficient (Wildman–Crippen LogP) is 1.59. The Morgan fingerprint density at radius 1 is 1.03 bits per heavy atom. The second-order valence-corrected chi connectivity index (χ2v) is 7.28. The number of carboxylic acids is 2. The monoisotopic (exact) mass is 444 g/mol. The van der Waals surface area contributed by atoms with Gasteiger partial charge in [0.15, 0.2) is 0 Å². The average molecular weight is 444 g/mol. The van der Waals surface area contributed by atoms with Crippen molar-refractivity contribution in [1.29, 1.82) is 0 Å². The van der Waals surface area contributed by atoms with E-state index >= 15 is 0 Å². The van der Waals surface area contributed by atoms with E-state index < -0.39 is 29.9 Å². The van der Waals surface area contributed by atoms with Crippen LogP contribution in [0.15, 0.2) is 54.6 Å². The predicted molar refractivity (Wildman–Crippen MR) is 122 cm³/mol. The van der Waals surface area contributed by atoms with E-state index in [0.717, 1.165) is 11.1 Å². The van der Waals surface area contributed by atoms with Gasteiger partial charge in [0.25, 0.3) is 0 Å². The van der Waals surface area contributed by atoms with Crippen molar-refractivity contribution in [2.75, 3.05) is 18.5 Å². The van der Waals surface area contributed by atoms with Gasteiger partial charge in [0, 0.05) is 25.7 Å². The molecule has 1 heterocycles. The summed E-state index contributed by atoms with van der Waals surface area (Å²) in [7, 11) is 1.51. The van der Waals surface area contributed by atoms with Gasteiger partial charge >= 0.3 is 77.1 Å². The van der Waals surface area contributed by atoms with Gasteiger partial charge in [-0.05, 0) is 30.0 Å². The van der Waals surface area contributed by atoms with Crippen molar-refractivity contribution in [1.82, 2.24) is 4.90 Å². The first-order valence-corrected chi connectivity index (χ1v) is 9.50. The first-order valence-electron chi connectivity index (χ1n) is 9.50. The van der Waals surface area contributed by atoms with Crippen LogP contribution in [0.1, 0.15) is 17.5 Å². The number of rotatable bonds is 7. The van der Waals surface area contributed by atoms with Crippen molar-refractivity contribution in [2.24, 2.45) is 5.92 Å².